The van der Waals surface area contributed by atoms with Gasteiger partial charge < -0.3 is 52.8 Å². The van der Waals surface area contributed by atoms with E-state index in [4.69, 9.17) is 10.5 Å². The number of fused-ring (bicyclic) bond motifs is 4. The van der Waals surface area contributed by atoms with Crippen molar-refractivity contribution in [1.82, 2.24) is 36.9 Å². The van der Waals surface area contributed by atoms with Crippen LogP contribution in [0.25, 0.3) is 21.3 Å². The molecule has 0 saturated carbocycles. The Morgan fingerprint density at radius 1 is 0.833 bits per heavy atom. The van der Waals surface area contributed by atoms with Gasteiger partial charge in [0.15, 0.2) is 12.0 Å². The number of unbranched alkanes of at least 4 members (excludes halogenated alkanes) is 1. The number of guanidine groups is 1. The van der Waals surface area contributed by atoms with Crippen molar-refractivity contribution in [2.45, 2.75) is 63.1 Å². The molecule has 1 aliphatic heterocycles. The molecular formula is C45H55N11O8S2. The first-order valence-electron chi connectivity index (χ1n) is 21.6. The van der Waals surface area contributed by atoms with Crippen molar-refractivity contribution in [1.29, 1.82) is 0 Å². The van der Waals surface area contributed by atoms with Crippen molar-refractivity contribution in [3.63, 3.8) is 0 Å². The van der Waals surface area contributed by atoms with Crippen LogP contribution in [0.4, 0.5) is 10.5 Å². The fourth-order valence-electron chi connectivity index (χ4n) is 7.45. The van der Waals surface area contributed by atoms with Gasteiger partial charge in [0, 0.05) is 57.5 Å². The minimum atomic E-state index is -1.07. The van der Waals surface area contributed by atoms with Crippen molar-refractivity contribution in [3.05, 3.63) is 82.9 Å². The number of nitrogens with one attached hydrogen (secondary N) is 7. The Morgan fingerprint density at radius 3 is 2.21 bits per heavy atom. The monoisotopic (exact) mass is 941 g/mol. The Balaban J connectivity index is 1.01. The number of nitrogens with two attached hydrogens (primary N) is 1. The van der Waals surface area contributed by atoms with E-state index >= 15 is 0 Å². The highest BCUT2D eigenvalue weighted by atomic mass is 32.2. The Labute approximate surface area is 390 Å². The van der Waals surface area contributed by atoms with E-state index in [9.17, 15) is 33.9 Å². The highest BCUT2D eigenvalue weighted by Crippen LogP contribution is 2.44. The van der Waals surface area contributed by atoms with E-state index in [2.05, 4.69) is 52.2 Å². The molecule has 2 aliphatic rings. The van der Waals surface area contributed by atoms with Crippen molar-refractivity contribution in [2.75, 3.05) is 57.4 Å². The Kier molecular flexibility index (Phi) is 17.7. The summed E-state index contributed by atoms with van der Waals surface area (Å²) in [5, 5.41) is 30.4. The number of thiazole rings is 1. The number of alkyl carbamates (subject to hydrolysis) is 1. The smallest absolute Gasteiger partial charge is 0.407 e. The summed E-state index contributed by atoms with van der Waals surface area (Å²) < 4.78 is 6.59. The third-order valence-electron chi connectivity index (χ3n) is 10.8. The van der Waals surface area contributed by atoms with Gasteiger partial charge in [0.2, 0.25) is 23.6 Å². The van der Waals surface area contributed by atoms with E-state index < -0.39 is 54.5 Å². The number of carboxylic acid groups (broad SMARTS) is 1. The first-order chi connectivity index (χ1) is 31.9. The number of aromatic nitrogens is 1. The topological polar surface area (TPSA) is 280 Å². The number of benzene rings is 3. The molecule has 4 aromatic rings. The van der Waals surface area contributed by atoms with Crippen LogP contribution in [0, 0.1) is 0 Å². The molecule has 0 saturated heterocycles. The third-order valence-corrected chi connectivity index (χ3v) is 13.0. The molecule has 66 heavy (non-hydrogen) atoms. The van der Waals surface area contributed by atoms with Crippen molar-refractivity contribution in [2.24, 2.45) is 15.7 Å². The molecule has 0 bridgehead atoms. The van der Waals surface area contributed by atoms with Crippen LogP contribution in [-0.4, -0.2) is 127 Å². The normalized spacial score (nSPS) is 15.1. The Hall–Kier alpha value is -6.74. The maximum Gasteiger partial charge on any atom is 0.407 e. The van der Waals surface area contributed by atoms with Gasteiger partial charge in [0.1, 0.15) is 28.7 Å². The molecule has 1 aromatic heterocycles. The molecule has 3 unspecified atom stereocenters. The number of rotatable bonds is 23. The number of carboxylic acids is 1. The van der Waals surface area contributed by atoms with Crippen LogP contribution in [0.1, 0.15) is 61.1 Å². The van der Waals surface area contributed by atoms with Gasteiger partial charge in [-0.25, -0.2) is 14.6 Å². The van der Waals surface area contributed by atoms with E-state index in [1.165, 1.54) is 37.1 Å². The summed E-state index contributed by atoms with van der Waals surface area (Å²) in [4.78, 5) is 89.0. The number of hydrogen-bond acceptors (Lipinski definition) is 13. The predicted molar refractivity (Wildman–Crippen MR) is 256 cm³/mol. The van der Waals surface area contributed by atoms with Crippen LogP contribution in [0.3, 0.4) is 0 Å². The first-order valence-corrected chi connectivity index (χ1v) is 23.5. The number of thioether (sulfide) groups is 1. The highest BCUT2D eigenvalue weighted by Gasteiger charge is 2.31. The molecule has 3 aromatic carbocycles. The molecule has 3 atom stereocenters. The SMILES string of the molecule is CN=C(N)NCCCC(NC(=O)OCC1c2ccccc2-c2ccccc21)C(=O)NCC(=O)NC(CCCCNC(C)=O)C(=O)NCCNc1ccc2nc(C3=NC(C(=O)O)CS3)sc2c1. The number of amides is 5. The summed E-state index contributed by atoms with van der Waals surface area (Å²) >= 11 is 2.79. The molecule has 2 heterocycles. The molecule has 19 nitrogen and oxygen atoms in total. The van der Waals surface area contributed by atoms with E-state index in [1.807, 2.05) is 66.7 Å². The van der Waals surface area contributed by atoms with Crippen LogP contribution in [-0.2, 0) is 28.7 Å². The molecule has 0 spiro atoms. The van der Waals surface area contributed by atoms with Crippen LogP contribution < -0.4 is 43.0 Å². The van der Waals surface area contributed by atoms with Crippen LogP contribution >= 0.6 is 23.1 Å². The molecule has 1 aliphatic carbocycles. The molecule has 350 valence electrons. The molecule has 10 N–H and O–H groups in total. The predicted octanol–water partition coefficient (Wildman–Crippen LogP) is 2.90. The van der Waals surface area contributed by atoms with Gasteiger partial charge in [-0.05, 0) is 72.6 Å². The zero-order valence-corrected chi connectivity index (χ0v) is 38.3. The summed E-state index contributed by atoms with van der Waals surface area (Å²) in [5.74, 6) is -2.39. The summed E-state index contributed by atoms with van der Waals surface area (Å²) in [7, 11) is 1.54. The van der Waals surface area contributed by atoms with E-state index in [1.54, 1.807) is 0 Å². The van der Waals surface area contributed by atoms with Gasteiger partial charge in [0.05, 0.1) is 16.8 Å². The summed E-state index contributed by atoms with van der Waals surface area (Å²) in [5.41, 5.74) is 11.5. The average molecular weight is 942 g/mol. The second-order valence-electron chi connectivity index (χ2n) is 15.5. The summed E-state index contributed by atoms with van der Waals surface area (Å²) in [6, 6.07) is 18.7. The van der Waals surface area contributed by atoms with Crippen molar-refractivity contribution >= 4 is 85.7 Å². The van der Waals surface area contributed by atoms with E-state index in [-0.39, 0.29) is 43.8 Å². The van der Waals surface area contributed by atoms with Crippen molar-refractivity contribution < 1.29 is 38.6 Å². The maximum absolute atomic E-state index is 13.6. The Morgan fingerprint density at radius 2 is 1.52 bits per heavy atom. The van der Waals surface area contributed by atoms with Crippen molar-refractivity contribution in [3.8, 4) is 11.1 Å². The second kappa shape index (κ2) is 24.0. The van der Waals surface area contributed by atoms with Crippen LogP contribution in [0.5, 0.6) is 0 Å². The lowest BCUT2D eigenvalue weighted by molar-refractivity contribution is -0.137. The fourth-order valence-corrected chi connectivity index (χ4v) is 9.56. The summed E-state index contributed by atoms with van der Waals surface area (Å²) in [6.07, 6.45) is 1.14. The summed E-state index contributed by atoms with van der Waals surface area (Å²) in [6.45, 7) is 2.34. The molecular weight excluding hydrogens is 887 g/mol. The Bertz CT molecular complexity index is 2420. The van der Waals surface area contributed by atoms with Gasteiger partial charge >= 0.3 is 12.1 Å². The van der Waals surface area contributed by atoms with Gasteiger partial charge in [0.25, 0.3) is 0 Å². The molecule has 0 fully saturated rings. The molecule has 21 heteroatoms. The number of aliphatic imine (C=N–C) groups is 2. The minimum absolute atomic E-state index is 0.0463. The lowest BCUT2D eigenvalue weighted by atomic mass is 9.98. The molecule has 0 radical (unpaired) electrons. The van der Waals surface area contributed by atoms with Gasteiger partial charge in [-0.3, -0.25) is 29.2 Å². The first kappa shape index (κ1) is 48.7. The zero-order chi connectivity index (χ0) is 47.0. The van der Waals surface area contributed by atoms with Gasteiger partial charge in [-0.1, -0.05) is 48.5 Å². The maximum atomic E-state index is 13.6. The highest BCUT2D eigenvalue weighted by molar-refractivity contribution is 8.15. The largest absolute Gasteiger partial charge is 0.480 e. The number of carbonyl (C=O) groups is 6. The standard InChI is InChI=1S/C45H55N11O8S2/c1-26(57)48-18-8-7-14-34(39(59)50-21-20-49-27-16-17-33-37(22-27)66-42(54-33)41-55-36(25-65-41)43(61)62)53-38(58)23-52-40(60)35(15-9-19-51-44(46)47-2)56-45(63)64-24-32-30-12-5-3-10-28(30)29-11-4-6-13-31(29)32/h3-6,10-13,16-17,22,32,34-36,49H,7-9,14-15,18-21,23-25H2,1-2H3,(H,48,57)(H,50,59)(H,52,60)(H,53,58)(H,56,63)(H,61,62)(H3,46,47,51). The van der Waals surface area contributed by atoms with Gasteiger partial charge in [-0.15, -0.1) is 23.1 Å². The molecule has 5 amide bonds. The van der Waals surface area contributed by atoms with E-state index in [0.717, 1.165) is 38.2 Å². The average Bonchev–Trinajstić information content (AvgIpc) is 4.06. The number of hydrogen-bond donors (Lipinski definition) is 9. The molecule has 6 rings (SSSR count). The zero-order valence-electron chi connectivity index (χ0n) is 36.7. The second-order valence-corrected chi connectivity index (χ2v) is 17.6. The number of aliphatic carboxylic acids is 1. The lowest BCUT2D eigenvalue weighted by Crippen LogP contribution is -2.52. The quantitative estimate of drug-likeness (QED) is 0.0294. The third kappa shape index (κ3) is 13.6. The fraction of sp³-hybridized carbons (Fsp3) is 0.400. The number of carbonyl (C=O) groups excluding carboxylic acids is 5. The minimum Gasteiger partial charge on any atom is -0.480 e. The lowest BCUT2D eigenvalue weighted by Gasteiger charge is -2.21. The van der Waals surface area contributed by atoms with Crippen LogP contribution in [0.15, 0.2) is 76.7 Å². The number of nitrogens with zero attached hydrogens (tertiary/aromatic N) is 3. The number of ether oxygens (including phenoxy) is 1. The van der Waals surface area contributed by atoms with Gasteiger partial charge in [-0.2, -0.15) is 0 Å². The number of anilines is 1. The van der Waals surface area contributed by atoms with Crippen LogP contribution in [0.2, 0.25) is 0 Å². The van der Waals surface area contributed by atoms with E-state index in [0.29, 0.717) is 54.7 Å².